The van der Waals surface area contributed by atoms with Crippen molar-refractivity contribution in [2.45, 2.75) is 44.8 Å². The summed E-state index contributed by atoms with van der Waals surface area (Å²) in [5, 5.41) is 2.89. The van der Waals surface area contributed by atoms with Gasteiger partial charge in [0.05, 0.1) is 5.56 Å². The highest BCUT2D eigenvalue weighted by atomic mass is 16.5. The number of rotatable bonds is 7. The minimum Gasteiger partial charge on any atom is -0.484 e. The minimum absolute atomic E-state index is 0.181. The Morgan fingerprint density at radius 3 is 2.42 bits per heavy atom. The average Bonchev–Trinajstić information content (AvgIpc) is 3.06. The molecule has 0 bridgehead atoms. The van der Waals surface area contributed by atoms with Gasteiger partial charge in [0, 0.05) is 6.04 Å². The third-order valence-electron chi connectivity index (χ3n) is 3.83. The monoisotopic (exact) mass is 334 g/mol. The molecule has 7 nitrogen and oxygen atoms in total. The number of hydrogen-bond donors (Lipinski definition) is 2. The Kier molecular flexibility index (Phi) is 6.17. The molecule has 2 amide bonds. The first kappa shape index (κ1) is 17.8. The molecule has 0 spiro atoms. The van der Waals surface area contributed by atoms with Crippen LogP contribution in [0.1, 0.15) is 43.0 Å². The van der Waals surface area contributed by atoms with Gasteiger partial charge in [-0.2, -0.15) is 0 Å². The lowest BCUT2D eigenvalue weighted by Gasteiger charge is -2.17. The summed E-state index contributed by atoms with van der Waals surface area (Å²) in [7, 11) is 0. The van der Waals surface area contributed by atoms with Gasteiger partial charge < -0.3 is 20.5 Å². The van der Waals surface area contributed by atoms with Crippen molar-refractivity contribution in [1.29, 1.82) is 0 Å². The van der Waals surface area contributed by atoms with E-state index in [1.54, 1.807) is 6.92 Å². The zero-order valence-corrected chi connectivity index (χ0v) is 13.6. The summed E-state index contributed by atoms with van der Waals surface area (Å²) in [5.74, 6) is -1.04. The van der Waals surface area contributed by atoms with Crippen LogP contribution >= 0.6 is 0 Å². The summed E-state index contributed by atoms with van der Waals surface area (Å²) in [6.07, 6.45) is 3.31. The lowest BCUT2D eigenvalue weighted by atomic mass is 10.2. The number of primary amides is 1. The highest BCUT2D eigenvalue weighted by Crippen LogP contribution is 2.18. The fourth-order valence-corrected chi connectivity index (χ4v) is 2.51. The number of nitrogens with one attached hydrogen (secondary N) is 1. The van der Waals surface area contributed by atoms with Crippen molar-refractivity contribution < 1.29 is 23.9 Å². The summed E-state index contributed by atoms with van der Waals surface area (Å²) < 4.78 is 10.3. The predicted octanol–water partition coefficient (Wildman–Crippen LogP) is 1.15. The Bertz CT molecular complexity index is 594. The summed E-state index contributed by atoms with van der Waals surface area (Å²) in [6, 6.07) is 6.24. The lowest BCUT2D eigenvalue weighted by molar-refractivity contribution is -0.129. The fraction of sp³-hybridized carbons (Fsp3) is 0.471. The molecule has 1 aliphatic carbocycles. The fourth-order valence-electron chi connectivity index (χ4n) is 2.51. The average molecular weight is 334 g/mol. The number of ether oxygens (including phenoxy) is 2. The predicted molar refractivity (Wildman–Crippen MR) is 86.4 cm³/mol. The van der Waals surface area contributed by atoms with Crippen molar-refractivity contribution in [2.75, 3.05) is 6.61 Å². The van der Waals surface area contributed by atoms with Crippen LogP contribution < -0.4 is 15.8 Å². The van der Waals surface area contributed by atoms with Gasteiger partial charge in [0.15, 0.2) is 12.7 Å². The summed E-state index contributed by atoms with van der Waals surface area (Å²) in [5.41, 5.74) is 5.28. The summed E-state index contributed by atoms with van der Waals surface area (Å²) >= 11 is 0. The molecule has 1 saturated carbocycles. The van der Waals surface area contributed by atoms with E-state index >= 15 is 0 Å². The van der Waals surface area contributed by atoms with Crippen molar-refractivity contribution in [3.8, 4) is 5.75 Å². The highest BCUT2D eigenvalue weighted by molar-refractivity contribution is 5.92. The molecule has 0 heterocycles. The normalized spacial score (nSPS) is 15.5. The molecule has 0 unspecified atom stereocenters. The Morgan fingerprint density at radius 2 is 1.83 bits per heavy atom. The van der Waals surface area contributed by atoms with E-state index in [0.717, 1.165) is 25.7 Å². The van der Waals surface area contributed by atoms with E-state index < -0.39 is 18.0 Å². The van der Waals surface area contributed by atoms with E-state index in [-0.39, 0.29) is 18.6 Å². The van der Waals surface area contributed by atoms with E-state index in [1.807, 2.05) is 0 Å². The minimum atomic E-state index is -0.858. The molecule has 24 heavy (non-hydrogen) atoms. The van der Waals surface area contributed by atoms with Gasteiger partial charge in [-0.25, -0.2) is 4.79 Å². The van der Waals surface area contributed by atoms with Crippen LogP contribution in [0.3, 0.4) is 0 Å². The van der Waals surface area contributed by atoms with Crippen LogP contribution in [0.2, 0.25) is 0 Å². The molecule has 3 N–H and O–H groups in total. The van der Waals surface area contributed by atoms with Crippen LogP contribution in [-0.4, -0.2) is 36.5 Å². The maximum absolute atomic E-state index is 12.1. The number of amides is 2. The Hall–Kier alpha value is -2.57. The quantitative estimate of drug-likeness (QED) is 0.727. The molecule has 1 aromatic rings. The van der Waals surface area contributed by atoms with Gasteiger partial charge in [-0.1, -0.05) is 12.8 Å². The molecule has 0 radical (unpaired) electrons. The summed E-state index contributed by atoms with van der Waals surface area (Å²) in [6.45, 7) is 1.31. The van der Waals surface area contributed by atoms with Crippen molar-refractivity contribution >= 4 is 17.8 Å². The zero-order valence-electron chi connectivity index (χ0n) is 13.6. The second-order valence-electron chi connectivity index (χ2n) is 5.82. The molecule has 1 aromatic carbocycles. The number of hydrogen-bond acceptors (Lipinski definition) is 5. The van der Waals surface area contributed by atoms with Gasteiger partial charge in [-0.15, -0.1) is 0 Å². The van der Waals surface area contributed by atoms with E-state index in [4.69, 9.17) is 15.2 Å². The Morgan fingerprint density at radius 1 is 1.21 bits per heavy atom. The summed E-state index contributed by atoms with van der Waals surface area (Å²) in [4.78, 5) is 34.7. The number of nitrogens with two attached hydrogens (primary N) is 1. The van der Waals surface area contributed by atoms with Crippen LogP contribution in [-0.2, 0) is 14.3 Å². The van der Waals surface area contributed by atoms with Crippen molar-refractivity contribution in [3.05, 3.63) is 29.8 Å². The zero-order chi connectivity index (χ0) is 17.5. The maximum atomic E-state index is 12.1. The van der Waals surface area contributed by atoms with Gasteiger partial charge in [-0.05, 0) is 44.0 Å². The molecule has 130 valence electrons. The van der Waals surface area contributed by atoms with Gasteiger partial charge in [0.2, 0.25) is 0 Å². The first-order chi connectivity index (χ1) is 11.5. The van der Waals surface area contributed by atoms with Crippen molar-refractivity contribution in [1.82, 2.24) is 5.32 Å². The highest BCUT2D eigenvalue weighted by Gasteiger charge is 2.23. The SMILES string of the molecule is C[C@H](OC(=O)c1ccc(OCC(N)=O)cc1)C(=O)NC1CCCC1. The number of esters is 1. The molecular formula is C17H22N2O5. The number of carbonyl (C=O) groups excluding carboxylic acids is 3. The third-order valence-corrected chi connectivity index (χ3v) is 3.83. The van der Waals surface area contributed by atoms with Gasteiger partial charge in [0.1, 0.15) is 5.75 Å². The Balaban J connectivity index is 1.84. The molecule has 7 heteroatoms. The molecule has 1 atom stereocenters. The van der Waals surface area contributed by atoms with Crippen molar-refractivity contribution in [3.63, 3.8) is 0 Å². The van der Waals surface area contributed by atoms with Gasteiger partial charge in [0.25, 0.3) is 11.8 Å². The molecule has 0 saturated heterocycles. The number of benzene rings is 1. The van der Waals surface area contributed by atoms with Crippen LogP contribution in [0.5, 0.6) is 5.75 Å². The topological polar surface area (TPSA) is 108 Å². The largest absolute Gasteiger partial charge is 0.484 e. The molecule has 1 aliphatic rings. The second kappa shape index (κ2) is 8.33. The lowest BCUT2D eigenvalue weighted by Crippen LogP contribution is -2.40. The third kappa shape index (κ3) is 5.26. The van der Waals surface area contributed by atoms with Crippen molar-refractivity contribution in [2.24, 2.45) is 5.73 Å². The van der Waals surface area contributed by atoms with Crippen LogP contribution in [0.25, 0.3) is 0 Å². The molecule has 0 aromatic heterocycles. The molecule has 1 fully saturated rings. The second-order valence-corrected chi connectivity index (χ2v) is 5.82. The number of carbonyl (C=O) groups is 3. The van der Waals surface area contributed by atoms with Gasteiger partial charge in [-0.3, -0.25) is 9.59 Å². The standard InChI is InChI=1S/C17H22N2O5/c1-11(16(21)19-13-4-2-3-5-13)24-17(22)12-6-8-14(9-7-12)23-10-15(18)20/h6-9,11,13H,2-5,10H2,1H3,(H2,18,20)(H,19,21)/t11-/m0/s1. The first-order valence-electron chi connectivity index (χ1n) is 7.98. The molecule has 0 aliphatic heterocycles. The smallest absolute Gasteiger partial charge is 0.338 e. The Labute approximate surface area is 140 Å². The van der Waals surface area contributed by atoms with E-state index in [0.29, 0.717) is 11.3 Å². The van der Waals surface area contributed by atoms with Crippen LogP contribution in [0.15, 0.2) is 24.3 Å². The van der Waals surface area contributed by atoms with E-state index in [1.165, 1.54) is 24.3 Å². The van der Waals surface area contributed by atoms with E-state index in [2.05, 4.69) is 5.32 Å². The molecular weight excluding hydrogens is 312 g/mol. The van der Waals surface area contributed by atoms with Crippen LogP contribution in [0.4, 0.5) is 0 Å². The molecule has 2 rings (SSSR count). The maximum Gasteiger partial charge on any atom is 0.338 e. The van der Waals surface area contributed by atoms with E-state index in [9.17, 15) is 14.4 Å². The first-order valence-corrected chi connectivity index (χ1v) is 7.98. The van der Waals surface area contributed by atoms with Gasteiger partial charge >= 0.3 is 5.97 Å². The van der Waals surface area contributed by atoms with Crippen LogP contribution in [0, 0.1) is 0 Å².